The number of rotatable bonds is 2. The lowest BCUT2D eigenvalue weighted by atomic mass is 10.2. The molecule has 20 heavy (non-hydrogen) atoms. The van der Waals surface area contributed by atoms with Crippen LogP contribution in [0, 0.1) is 0 Å². The number of hydrogen-bond acceptors (Lipinski definition) is 3. The molecule has 0 N–H and O–H groups in total. The SMILES string of the molecule is CN1CCN(c2cccc(N3CCCCCC3)c2)CC1. The highest BCUT2D eigenvalue weighted by Crippen LogP contribution is 2.25. The molecule has 0 unspecified atom stereocenters. The molecular formula is C17H27N3. The summed E-state index contributed by atoms with van der Waals surface area (Å²) in [5.74, 6) is 0. The smallest absolute Gasteiger partial charge is 0.0387 e. The first-order valence-electron chi connectivity index (χ1n) is 8.11. The second kappa shape index (κ2) is 6.49. The second-order valence-electron chi connectivity index (χ2n) is 6.21. The highest BCUT2D eigenvalue weighted by Gasteiger charge is 2.16. The number of hydrogen-bond donors (Lipinski definition) is 0. The molecule has 0 amide bonds. The van der Waals surface area contributed by atoms with Gasteiger partial charge in [0.2, 0.25) is 0 Å². The molecule has 3 heteroatoms. The molecule has 0 atom stereocenters. The van der Waals surface area contributed by atoms with Crippen molar-refractivity contribution in [2.24, 2.45) is 0 Å². The molecule has 2 aliphatic heterocycles. The normalized spacial score (nSPS) is 21.9. The van der Waals surface area contributed by atoms with E-state index in [-0.39, 0.29) is 0 Å². The van der Waals surface area contributed by atoms with Gasteiger partial charge in [-0.15, -0.1) is 0 Å². The molecule has 3 nitrogen and oxygen atoms in total. The number of piperazine rings is 1. The summed E-state index contributed by atoms with van der Waals surface area (Å²) in [6, 6.07) is 9.18. The third kappa shape index (κ3) is 3.26. The first kappa shape index (κ1) is 13.7. The zero-order valence-corrected chi connectivity index (χ0v) is 12.7. The van der Waals surface area contributed by atoms with Crippen molar-refractivity contribution in [3.8, 4) is 0 Å². The average molecular weight is 273 g/mol. The van der Waals surface area contributed by atoms with Crippen LogP contribution in [0.25, 0.3) is 0 Å². The van der Waals surface area contributed by atoms with Gasteiger partial charge in [-0.1, -0.05) is 18.9 Å². The van der Waals surface area contributed by atoms with E-state index in [9.17, 15) is 0 Å². The van der Waals surface area contributed by atoms with Crippen molar-refractivity contribution in [2.45, 2.75) is 25.7 Å². The van der Waals surface area contributed by atoms with Crippen LogP contribution in [0.3, 0.4) is 0 Å². The van der Waals surface area contributed by atoms with E-state index in [2.05, 4.69) is 46.0 Å². The van der Waals surface area contributed by atoms with Gasteiger partial charge in [-0.2, -0.15) is 0 Å². The maximum atomic E-state index is 2.58. The highest BCUT2D eigenvalue weighted by molar-refractivity contribution is 5.59. The van der Waals surface area contributed by atoms with Crippen LogP contribution in [-0.2, 0) is 0 Å². The largest absolute Gasteiger partial charge is 0.371 e. The number of nitrogens with zero attached hydrogens (tertiary/aromatic N) is 3. The van der Waals surface area contributed by atoms with E-state index in [0.717, 1.165) is 13.1 Å². The maximum absolute atomic E-state index is 2.58. The monoisotopic (exact) mass is 273 g/mol. The van der Waals surface area contributed by atoms with Crippen molar-refractivity contribution in [2.75, 3.05) is 56.1 Å². The number of benzene rings is 1. The van der Waals surface area contributed by atoms with Gasteiger partial charge in [-0.25, -0.2) is 0 Å². The molecule has 1 aromatic carbocycles. The van der Waals surface area contributed by atoms with Crippen LogP contribution in [0.2, 0.25) is 0 Å². The first-order chi connectivity index (χ1) is 9.83. The van der Waals surface area contributed by atoms with Gasteiger partial charge in [0.1, 0.15) is 0 Å². The Balaban J connectivity index is 1.71. The van der Waals surface area contributed by atoms with Crippen molar-refractivity contribution in [3.63, 3.8) is 0 Å². The lowest BCUT2D eigenvalue weighted by molar-refractivity contribution is 0.313. The molecule has 110 valence electrons. The Morgan fingerprint density at radius 2 is 1.25 bits per heavy atom. The molecule has 0 bridgehead atoms. The third-order valence-corrected chi connectivity index (χ3v) is 4.67. The van der Waals surface area contributed by atoms with Crippen molar-refractivity contribution in [3.05, 3.63) is 24.3 Å². The molecule has 0 radical (unpaired) electrons. The molecule has 0 aliphatic carbocycles. The van der Waals surface area contributed by atoms with E-state index in [1.54, 1.807) is 0 Å². The van der Waals surface area contributed by atoms with E-state index in [1.165, 1.54) is 63.2 Å². The quantitative estimate of drug-likeness (QED) is 0.820. The van der Waals surface area contributed by atoms with Gasteiger partial charge in [0.15, 0.2) is 0 Å². The van der Waals surface area contributed by atoms with E-state index in [0.29, 0.717) is 0 Å². The standard InChI is InChI=1S/C17H27N3/c1-18-11-13-20(14-12-18)17-8-6-7-16(15-17)19-9-4-2-3-5-10-19/h6-8,15H,2-5,9-14H2,1H3. The van der Waals surface area contributed by atoms with Gasteiger partial charge < -0.3 is 14.7 Å². The van der Waals surface area contributed by atoms with Crippen LogP contribution in [0.4, 0.5) is 11.4 Å². The maximum Gasteiger partial charge on any atom is 0.0387 e. The molecule has 3 rings (SSSR count). The van der Waals surface area contributed by atoms with Gasteiger partial charge in [0.25, 0.3) is 0 Å². The minimum absolute atomic E-state index is 1.15. The van der Waals surface area contributed by atoms with Crippen LogP contribution in [0.5, 0.6) is 0 Å². The predicted octanol–water partition coefficient (Wildman–Crippen LogP) is 2.82. The summed E-state index contributed by atoms with van der Waals surface area (Å²) in [7, 11) is 2.21. The van der Waals surface area contributed by atoms with Crippen LogP contribution < -0.4 is 9.80 Å². The van der Waals surface area contributed by atoms with Gasteiger partial charge >= 0.3 is 0 Å². The summed E-state index contributed by atoms with van der Waals surface area (Å²) in [5, 5.41) is 0. The molecule has 2 fully saturated rings. The molecule has 2 heterocycles. The van der Waals surface area contributed by atoms with E-state index in [4.69, 9.17) is 0 Å². The van der Waals surface area contributed by atoms with Crippen LogP contribution >= 0.6 is 0 Å². The summed E-state index contributed by atoms with van der Waals surface area (Å²) >= 11 is 0. The number of anilines is 2. The van der Waals surface area contributed by atoms with Crippen molar-refractivity contribution in [1.82, 2.24) is 4.90 Å². The Kier molecular flexibility index (Phi) is 4.46. The fourth-order valence-electron chi connectivity index (χ4n) is 3.28. The Morgan fingerprint density at radius 1 is 0.700 bits per heavy atom. The second-order valence-corrected chi connectivity index (χ2v) is 6.21. The summed E-state index contributed by atoms with van der Waals surface area (Å²) in [5.41, 5.74) is 2.82. The van der Waals surface area contributed by atoms with Crippen LogP contribution in [0.1, 0.15) is 25.7 Å². The lowest BCUT2D eigenvalue weighted by Crippen LogP contribution is -2.44. The van der Waals surface area contributed by atoms with Crippen LogP contribution in [0.15, 0.2) is 24.3 Å². The van der Waals surface area contributed by atoms with E-state index in [1.807, 2.05) is 0 Å². The molecule has 0 aromatic heterocycles. The van der Waals surface area contributed by atoms with Crippen molar-refractivity contribution >= 4 is 11.4 Å². The van der Waals surface area contributed by atoms with Crippen molar-refractivity contribution in [1.29, 1.82) is 0 Å². The Morgan fingerprint density at radius 3 is 1.85 bits per heavy atom. The van der Waals surface area contributed by atoms with Gasteiger partial charge in [0.05, 0.1) is 0 Å². The summed E-state index contributed by atoms with van der Waals surface area (Å²) < 4.78 is 0. The Bertz CT molecular complexity index is 416. The zero-order chi connectivity index (χ0) is 13.8. The molecule has 1 aromatic rings. The molecular weight excluding hydrogens is 246 g/mol. The fraction of sp³-hybridized carbons (Fsp3) is 0.647. The molecule has 0 saturated carbocycles. The minimum atomic E-state index is 1.15. The molecule has 2 aliphatic rings. The summed E-state index contributed by atoms with van der Waals surface area (Å²) in [6.45, 7) is 7.11. The average Bonchev–Trinajstić information content (AvgIpc) is 2.77. The lowest BCUT2D eigenvalue weighted by Gasteiger charge is -2.34. The van der Waals surface area contributed by atoms with E-state index < -0.39 is 0 Å². The highest BCUT2D eigenvalue weighted by atomic mass is 15.2. The Labute approximate surface area is 123 Å². The zero-order valence-electron chi connectivity index (χ0n) is 12.7. The van der Waals surface area contributed by atoms with Gasteiger partial charge in [0, 0.05) is 50.6 Å². The summed E-state index contributed by atoms with van der Waals surface area (Å²) in [4.78, 5) is 7.52. The van der Waals surface area contributed by atoms with Gasteiger partial charge in [-0.3, -0.25) is 0 Å². The topological polar surface area (TPSA) is 9.72 Å². The first-order valence-corrected chi connectivity index (χ1v) is 8.11. The molecule has 0 spiro atoms. The predicted molar refractivity (Wildman–Crippen MR) is 86.8 cm³/mol. The van der Waals surface area contributed by atoms with Crippen LogP contribution in [-0.4, -0.2) is 51.2 Å². The fourth-order valence-corrected chi connectivity index (χ4v) is 3.28. The third-order valence-electron chi connectivity index (χ3n) is 4.67. The minimum Gasteiger partial charge on any atom is -0.371 e. The van der Waals surface area contributed by atoms with E-state index >= 15 is 0 Å². The summed E-state index contributed by atoms with van der Waals surface area (Å²) in [6.07, 6.45) is 5.49. The molecule has 2 saturated heterocycles. The van der Waals surface area contributed by atoms with Crippen molar-refractivity contribution < 1.29 is 0 Å². The van der Waals surface area contributed by atoms with Gasteiger partial charge in [-0.05, 0) is 38.1 Å². The Hall–Kier alpha value is -1.22. The number of likely N-dealkylation sites (N-methyl/N-ethyl adjacent to an activating group) is 1.